The summed E-state index contributed by atoms with van der Waals surface area (Å²) in [6.07, 6.45) is -2.49. The van der Waals surface area contributed by atoms with Crippen molar-refractivity contribution in [2.24, 2.45) is 5.73 Å². The first-order chi connectivity index (χ1) is 8.38. The molecule has 2 nitrogen and oxygen atoms in total. The molecule has 2 rings (SSSR count). The van der Waals surface area contributed by atoms with Gasteiger partial charge in [0.25, 0.3) is 0 Å². The summed E-state index contributed by atoms with van der Waals surface area (Å²) in [5.74, 6) is 0. The summed E-state index contributed by atoms with van der Waals surface area (Å²) < 4.78 is 37.5. The molecule has 0 spiro atoms. The van der Waals surface area contributed by atoms with E-state index in [-0.39, 0.29) is 11.1 Å². The van der Waals surface area contributed by atoms with Gasteiger partial charge in [0.05, 0.1) is 16.3 Å². The Labute approximate surface area is 109 Å². The van der Waals surface area contributed by atoms with Gasteiger partial charge in [-0.15, -0.1) is 0 Å². The molecule has 18 heavy (non-hydrogen) atoms. The van der Waals surface area contributed by atoms with Crippen molar-refractivity contribution in [3.05, 3.63) is 28.8 Å². The van der Waals surface area contributed by atoms with E-state index in [9.17, 15) is 13.2 Å². The standard InChI is InChI=1S/C12H14ClF3N2/c13-10-6-8(12(14,15)16)3-4-11(10)18-5-1-2-9(17)7-18/h3-4,6,9H,1-2,5,7,17H2. The highest BCUT2D eigenvalue weighted by Crippen LogP contribution is 2.35. The summed E-state index contributed by atoms with van der Waals surface area (Å²) >= 11 is 5.93. The fourth-order valence-electron chi connectivity index (χ4n) is 2.17. The maximum absolute atomic E-state index is 12.5. The van der Waals surface area contributed by atoms with Crippen LogP contribution in [0.25, 0.3) is 0 Å². The lowest BCUT2D eigenvalue weighted by atomic mass is 10.1. The quantitative estimate of drug-likeness (QED) is 0.854. The molecule has 1 aliphatic rings. The second-order valence-electron chi connectivity index (χ2n) is 4.51. The molecule has 1 unspecified atom stereocenters. The van der Waals surface area contributed by atoms with Crippen LogP contribution >= 0.6 is 11.6 Å². The van der Waals surface area contributed by atoms with Gasteiger partial charge in [-0.1, -0.05) is 11.6 Å². The van der Waals surface area contributed by atoms with Crippen LogP contribution < -0.4 is 10.6 Å². The van der Waals surface area contributed by atoms with Gasteiger partial charge in [0.2, 0.25) is 0 Å². The molecule has 0 aliphatic carbocycles. The average molecular weight is 279 g/mol. The first-order valence-corrected chi connectivity index (χ1v) is 6.13. The number of hydrogen-bond donors (Lipinski definition) is 1. The third-order valence-electron chi connectivity index (χ3n) is 3.07. The van der Waals surface area contributed by atoms with Crippen molar-refractivity contribution >= 4 is 17.3 Å². The molecule has 1 heterocycles. The Hall–Kier alpha value is -0.940. The smallest absolute Gasteiger partial charge is 0.369 e. The Morgan fingerprint density at radius 2 is 2.06 bits per heavy atom. The minimum absolute atomic E-state index is 0.0529. The molecule has 0 amide bonds. The summed E-state index contributed by atoms with van der Waals surface area (Å²) in [4.78, 5) is 1.94. The van der Waals surface area contributed by atoms with Crippen LogP contribution in [-0.4, -0.2) is 19.1 Å². The summed E-state index contributed by atoms with van der Waals surface area (Å²) in [5, 5.41) is 0.124. The summed E-state index contributed by atoms with van der Waals surface area (Å²) in [7, 11) is 0. The van der Waals surface area contributed by atoms with Gasteiger partial charge >= 0.3 is 6.18 Å². The number of rotatable bonds is 1. The third kappa shape index (κ3) is 2.90. The zero-order valence-corrected chi connectivity index (χ0v) is 10.4. The molecule has 0 radical (unpaired) electrons. The number of nitrogens with zero attached hydrogens (tertiary/aromatic N) is 1. The Morgan fingerprint density at radius 3 is 2.61 bits per heavy atom. The minimum atomic E-state index is -4.36. The number of anilines is 1. The van der Waals surface area contributed by atoms with Crippen LogP contribution in [0, 0.1) is 0 Å². The molecule has 100 valence electrons. The van der Waals surface area contributed by atoms with Gasteiger partial charge in [0.1, 0.15) is 0 Å². The monoisotopic (exact) mass is 278 g/mol. The van der Waals surface area contributed by atoms with Gasteiger partial charge in [-0.2, -0.15) is 13.2 Å². The van der Waals surface area contributed by atoms with Gasteiger partial charge in [-0.05, 0) is 31.0 Å². The van der Waals surface area contributed by atoms with E-state index in [1.54, 1.807) is 0 Å². The Kier molecular flexibility index (Phi) is 3.73. The van der Waals surface area contributed by atoms with Crippen LogP contribution in [0.1, 0.15) is 18.4 Å². The fraction of sp³-hybridized carbons (Fsp3) is 0.500. The predicted molar refractivity (Wildman–Crippen MR) is 65.9 cm³/mol. The number of alkyl halides is 3. The maximum atomic E-state index is 12.5. The van der Waals surface area contributed by atoms with E-state index in [1.165, 1.54) is 6.07 Å². The van der Waals surface area contributed by atoms with E-state index < -0.39 is 11.7 Å². The molecule has 1 atom stereocenters. The highest BCUT2D eigenvalue weighted by atomic mass is 35.5. The van der Waals surface area contributed by atoms with Crippen molar-refractivity contribution < 1.29 is 13.2 Å². The summed E-state index contributed by atoms with van der Waals surface area (Å²) in [6.45, 7) is 1.41. The molecular weight excluding hydrogens is 265 g/mol. The molecule has 2 N–H and O–H groups in total. The van der Waals surface area contributed by atoms with Crippen molar-refractivity contribution in [3.8, 4) is 0 Å². The van der Waals surface area contributed by atoms with Gasteiger partial charge in [0, 0.05) is 19.1 Å². The van der Waals surface area contributed by atoms with Gasteiger partial charge in [-0.25, -0.2) is 0 Å². The molecule has 0 bridgehead atoms. The topological polar surface area (TPSA) is 29.3 Å². The lowest BCUT2D eigenvalue weighted by molar-refractivity contribution is -0.137. The number of hydrogen-bond acceptors (Lipinski definition) is 2. The van der Waals surface area contributed by atoms with Crippen molar-refractivity contribution in [3.63, 3.8) is 0 Å². The van der Waals surface area contributed by atoms with E-state index in [1.807, 2.05) is 4.90 Å². The molecule has 1 aromatic carbocycles. The van der Waals surface area contributed by atoms with Crippen molar-refractivity contribution in [2.75, 3.05) is 18.0 Å². The third-order valence-corrected chi connectivity index (χ3v) is 3.38. The average Bonchev–Trinajstić information content (AvgIpc) is 2.27. The molecule has 1 fully saturated rings. The first kappa shape index (κ1) is 13.5. The lowest BCUT2D eigenvalue weighted by Crippen LogP contribution is -2.42. The van der Waals surface area contributed by atoms with Crippen molar-refractivity contribution in [2.45, 2.75) is 25.1 Å². The largest absolute Gasteiger partial charge is 0.416 e. The van der Waals surface area contributed by atoms with Gasteiger partial charge in [0.15, 0.2) is 0 Å². The minimum Gasteiger partial charge on any atom is -0.369 e. The van der Waals surface area contributed by atoms with E-state index in [0.29, 0.717) is 12.2 Å². The number of benzene rings is 1. The van der Waals surface area contributed by atoms with Crippen molar-refractivity contribution in [1.82, 2.24) is 0 Å². The van der Waals surface area contributed by atoms with E-state index in [0.717, 1.165) is 31.5 Å². The molecule has 6 heteroatoms. The van der Waals surface area contributed by atoms with E-state index in [2.05, 4.69) is 0 Å². The van der Waals surface area contributed by atoms with E-state index >= 15 is 0 Å². The normalized spacial score (nSPS) is 21.2. The van der Waals surface area contributed by atoms with Crippen LogP contribution in [0.3, 0.4) is 0 Å². The molecule has 1 aromatic rings. The lowest BCUT2D eigenvalue weighted by Gasteiger charge is -2.33. The second kappa shape index (κ2) is 4.97. The highest BCUT2D eigenvalue weighted by Gasteiger charge is 2.31. The summed E-state index contributed by atoms with van der Waals surface area (Å²) in [5.41, 5.74) is 5.75. The zero-order chi connectivity index (χ0) is 13.3. The van der Waals surface area contributed by atoms with Gasteiger partial charge < -0.3 is 10.6 Å². The van der Waals surface area contributed by atoms with Crippen LogP contribution in [-0.2, 0) is 6.18 Å². The predicted octanol–water partition coefficient (Wildman–Crippen LogP) is 3.29. The zero-order valence-electron chi connectivity index (χ0n) is 9.67. The molecular formula is C12H14ClF3N2. The number of halogens is 4. The van der Waals surface area contributed by atoms with Gasteiger partial charge in [-0.3, -0.25) is 0 Å². The summed E-state index contributed by atoms with van der Waals surface area (Å²) in [6, 6.07) is 3.50. The number of piperidine rings is 1. The SMILES string of the molecule is NC1CCCN(c2ccc(C(F)(F)F)cc2Cl)C1. The Balaban J connectivity index is 2.24. The second-order valence-corrected chi connectivity index (χ2v) is 4.92. The highest BCUT2D eigenvalue weighted by molar-refractivity contribution is 6.33. The first-order valence-electron chi connectivity index (χ1n) is 5.75. The molecule has 0 saturated carbocycles. The molecule has 1 aliphatic heterocycles. The Morgan fingerprint density at radius 1 is 1.33 bits per heavy atom. The van der Waals surface area contributed by atoms with Crippen LogP contribution in [0.15, 0.2) is 18.2 Å². The van der Waals surface area contributed by atoms with Crippen molar-refractivity contribution in [1.29, 1.82) is 0 Å². The van der Waals surface area contributed by atoms with Crippen LogP contribution in [0.4, 0.5) is 18.9 Å². The maximum Gasteiger partial charge on any atom is 0.416 e. The Bertz CT molecular complexity index is 434. The fourth-order valence-corrected chi connectivity index (χ4v) is 2.47. The molecule has 1 saturated heterocycles. The van der Waals surface area contributed by atoms with Crippen LogP contribution in [0.5, 0.6) is 0 Å². The van der Waals surface area contributed by atoms with E-state index in [4.69, 9.17) is 17.3 Å². The van der Waals surface area contributed by atoms with Crippen LogP contribution in [0.2, 0.25) is 5.02 Å². The molecule has 0 aromatic heterocycles. The number of nitrogens with two attached hydrogens (primary N) is 1.